The molecule has 0 aliphatic carbocycles. The van der Waals surface area contributed by atoms with E-state index in [0.29, 0.717) is 12.2 Å². The molecule has 3 aromatic rings. The van der Waals surface area contributed by atoms with E-state index in [1.807, 2.05) is 36.4 Å². The lowest BCUT2D eigenvalue weighted by molar-refractivity contribution is -0.120. The van der Waals surface area contributed by atoms with E-state index in [-0.39, 0.29) is 17.6 Å². The zero-order valence-electron chi connectivity index (χ0n) is 15.4. The van der Waals surface area contributed by atoms with Crippen molar-refractivity contribution < 1.29 is 9.18 Å². The molecule has 5 nitrogen and oxygen atoms in total. The summed E-state index contributed by atoms with van der Waals surface area (Å²) in [7, 11) is 0. The Kier molecular flexibility index (Phi) is 5.28. The van der Waals surface area contributed by atoms with Crippen molar-refractivity contribution in [2.45, 2.75) is 12.8 Å². The van der Waals surface area contributed by atoms with Gasteiger partial charge in [-0.1, -0.05) is 36.4 Å². The first-order valence-electron chi connectivity index (χ1n) is 9.38. The maximum atomic E-state index is 13.3. The molecule has 1 aliphatic rings. The van der Waals surface area contributed by atoms with Crippen LogP contribution in [0.5, 0.6) is 0 Å². The van der Waals surface area contributed by atoms with Crippen LogP contribution in [0.3, 0.4) is 0 Å². The van der Waals surface area contributed by atoms with Crippen LogP contribution in [-0.4, -0.2) is 29.0 Å². The Hall–Kier alpha value is -3.28. The lowest BCUT2D eigenvalue weighted by Crippen LogP contribution is -2.41. The number of benzene rings is 2. The number of piperidine rings is 1. The van der Waals surface area contributed by atoms with Crippen LogP contribution in [0, 0.1) is 11.7 Å². The van der Waals surface area contributed by atoms with Crippen LogP contribution >= 0.6 is 0 Å². The van der Waals surface area contributed by atoms with Gasteiger partial charge >= 0.3 is 0 Å². The van der Waals surface area contributed by atoms with Crippen molar-refractivity contribution in [3.8, 4) is 11.3 Å². The van der Waals surface area contributed by atoms with Gasteiger partial charge in [0.25, 0.3) is 0 Å². The summed E-state index contributed by atoms with van der Waals surface area (Å²) in [6, 6.07) is 17.9. The zero-order chi connectivity index (χ0) is 19.3. The van der Waals surface area contributed by atoms with Crippen molar-refractivity contribution in [3.05, 3.63) is 72.8 Å². The van der Waals surface area contributed by atoms with E-state index in [9.17, 15) is 9.18 Å². The molecule has 0 spiro atoms. The number of rotatable bonds is 4. The maximum Gasteiger partial charge on any atom is 0.229 e. The molecular formula is C22H21FN4O. The third kappa shape index (κ3) is 4.17. The summed E-state index contributed by atoms with van der Waals surface area (Å²) in [5.74, 6) is 0.189. The van der Waals surface area contributed by atoms with Gasteiger partial charge in [-0.15, -0.1) is 0 Å². The van der Waals surface area contributed by atoms with Gasteiger partial charge in [0, 0.05) is 30.4 Å². The fourth-order valence-corrected chi connectivity index (χ4v) is 3.50. The fraction of sp³-hybridized carbons (Fsp3) is 0.227. The van der Waals surface area contributed by atoms with Crippen molar-refractivity contribution in [1.29, 1.82) is 0 Å². The van der Waals surface area contributed by atoms with Gasteiger partial charge in [0.15, 0.2) is 0 Å². The number of hydrogen-bond acceptors (Lipinski definition) is 4. The van der Waals surface area contributed by atoms with E-state index in [2.05, 4.69) is 20.2 Å². The second kappa shape index (κ2) is 8.17. The Bertz CT molecular complexity index is 964. The van der Waals surface area contributed by atoms with Crippen LogP contribution in [0.2, 0.25) is 0 Å². The smallest absolute Gasteiger partial charge is 0.229 e. The zero-order valence-corrected chi connectivity index (χ0v) is 15.4. The molecule has 1 N–H and O–H groups in total. The molecule has 1 atom stereocenters. The Labute approximate surface area is 163 Å². The fourth-order valence-electron chi connectivity index (χ4n) is 3.50. The molecule has 1 amide bonds. The van der Waals surface area contributed by atoms with Gasteiger partial charge in [-0.3, -0.25) is 4.79 Å². The average Bonchev–Trinajstić information content (AvgIpc) is 2.74. The van der Waals surface area contributed by atoms with E-state index in [4.69, 9.17) is 0 Å². The minimum atomic E-state index is -0.363. The quantitative estimate of drug-likeness (QED) is 0.744. The van der Waals surface area contributed by atoms with Gasteiger partial charge in [0.05, 0.1) is 11.6 Å². The van der Waals surface area contributed by atoms with E-state index in [0.717, 1.165) is 36.5 Å². The van der Waals surface area contributed by atoms with E-state index in [1.165, 1.54) is 12.1 Å². The third-order valence-electron chi connectivity index (χ3n) is 4.93. The molecule has 28 heavy (non-hydrogen) atoms. The SMILES string of the molecule is O=C(Nc1cccc(F)c1)C1CCCN(c2cc(-c3ccccc3)ncn2)C1. The number of carbonyl (C=O) groups excluding carboxylic acids is 1. The number of halogens is 1. The molecule has 1 fully saturated rings. The van der Waals surface area contributed by atoms with Crippen LogP contribution in [0.4, 0.5) is 15.9 Å². The Morgan fingerprint density at radius 1 is 1.07 bits per heavy atom. The topological polar surface area (TPSA) is 58.1 Å². The summed E-state index contributed by atoms with van der Waals surface area (Å²) in [5.41, 5.74) is 2.37. The first kappa shape index (κ1) is 18.1. The molecule has 0 saturated carbocycles. The van der Waals surface area contributed by atoms with Crippen molar-refractivity contribution in [1.82, 2.24) is 9.97 Å². The highest BCUT2D eigenvalue weighted by Crippen LogP contribution is 2.25. The summed E-state index contributed by atoms with van der Waals surface area (Å²) >= 11 is 0. The highest BCUT2D eigenvalue weighted by atomic mass is 19.1. The van der Waals surface area contributed by atoms with Gasteiger partial charge < -0.3 is 10.2 Å². The molecule has 1 saturated heterocycles. The molecule has 0 bridgehead atoms. The normalized spacial score (nSPS) is 16.6. The summed E-state index contributed by atoms with van der Waals surface area (Å²) in [6.45, 7) is 1.42. The average molecular weight is 376 g/mol. The molecule has 4 rings (SSSR count). The second-order valence-corrected chi connectivity index (χ2v) is 6.91. The molecule has 1 aromatic heterocycles. The molecular weight excluding hydrogens is 355 g/mol. The van der Waals surface area contributed by atoms with Crippen LogP contribution in [0.1, 0.15) is 12.8 Å². The molecule has 6 heteroatoms. The minimum Gasteiger partial charge on any atom is -0.356 e. The number of aromatic nitrogens is 2. The first-order chi connectivity index (χ1) is 13.7. The maximum absolute atomic E-state index is 13.3. The summed E-state index contributed by atoms with van der Waals surface area (Å²) in [6.07, 6.45) is 3.26. The number of amides is 1. The Morgan fingerprint density at radius 2 is 1.93 bits per heavy atom. The van der Waals surface area contributed by atoms with Crippen molar-refractivity contribution >= 4 is 17.4 Å². The number of anilines is 2. The van der Waals surface area contributed by atoms with Gasteiger partial charge in [-0.05, 0) is 31.0 Å². The van der Waals surface area contributed by atoms with Crippen molar-refractivity contribution in [2.24, 2.45) is 5.92 Å². The summed E-state index contributed by atoms with van der Waals surface area (Å²) in [4.78, 5) is 23.6. The molecule has 142 valence electrons. The lowest BCUT2D eigenvalue weighted by Gasteiger charge is -2.33. The van der Waals surface area contributed by atoms with E-state index < -0.39 is 0 Å². The van der Waals surface area contributed by atoms with Crippen LogP contribution in [0.15, 0.2) is 67.0 Å². The van der Waals surface area contributed by atoms with Crippen LogP contribution in [-0.2, 0) is 4.79 Å². The van der Waals surface area contributed by atoms with Gasteiger partial charge in [-0.2, -0.15) is 0 Å². The number of hydrogen-bond donors (Lipinski definition) is 1. The third-order valence-corrected chi connectivity index (χ3v) is 4.93. The highest BCUT2D eigenvalue weighted by molar-refractivity contribution is 5.93. The Morgan fingerprint density at radius 3 is 2.75 bits per heavy atom. The van der Waals surface area contributed by atoms with Gasteiger partial charge in [0.1, 0.15) is 18.0 Å². The standard InChI is InChI=1S/C22H21FN4O/c23-18-9-4-10-19(12-18)26-22(28)17-8-5-11-27(14-17)21-13-20(24-15-25-21)16-6-2-1-3-7-16/h1-4,6-7,9-10,12-13,15,17H,5,8,11,14H2,(H,26,28). The van der Waals surface area contributed by atoms with Crippen LogP contribution in [0.25, 0.3) is 11.3 Å². The number of carbonyl (C=O) groups is 1. The Balaban J connectivity index is 1.47. The van der Waals surface area contributed by atoms with Crippen molar-refractivity contribution in [3.63, 3.8) is 0 Å². The molecule has 1 unspecified atom stereocenters. The van der Waals surface area contributed by atoms with Crippen molar-refractivity contribution in [2.75, 3.05) is 23.3 Å². The first-order valence-corrected chi connectivity index (χ1v) is 9.38. The number of nitrogens with one attached hydrogen (secondary N) is 1. The predicted molar refractivity (Wildman–Crippen MR) is 107 cm³/mol. The minimum absolute atomic E-state index is 0.0901. The van der Waals surface area contributed by atoms with Gasteiger partial charge in [0.2, 0.25) is 5.91 Å². The molecule has 0 radical (unpaired) electrons. The molecule has 1 aliphatic heterocycles. The van der Waals surface area contributed by atoms with Crippen LogP contribution < -0.4 is 10.2 Å². The number of nitrogens with zero attached hydrogens (tertiary/aromatic N) is 3. The lowest BCUT2D eigenvalue weighted by atomic mass is 9.97. The summed E-state index contributed by atoms with van der Waals surface area (Å²) < 4.78 is 13.3. The molecule has 2 aromatic carbocycles. The molecule has 2 heterocycles. The monoisotopic (exact) mass is 376 g/mol. The highest BCUT2D eigenvalue weighted by Gasteiger charge is 2.27. The summed E-state index contributed by atoms with van der Waals surface area (Å²) in [5, 5.41) is 2.82. The van der Waals surface area contributed by atoms with E-state index in [1.54, 1.807) is 18.5 Å². The van der Waals surface area contributed by atoms with E-state index >= 15 is 0 Å². The largest absolute Gasteiger partial charge is 0.356 e. The van der Waals surface area contributed by atoms with Gasteiger partial charge in [-0.25, -0.2) is 14.4 Å². The predicted octanol–water partition coefficient (Wildman–Crippen LogP) is 4.14. The second-order valence-electron chi connectivity index (χ2n) is 6.91.